The maximum absolute atomic E-state index is 10.5. The van der Waals surface area contributed by atoms with Gasteiger partial charge in [0.15, 0.2) is 0 Å². The molecule has 0 radical (unpaired) electrons. The minimum atomic E-state index is -0.888. The lowest BCUT2D eigenvalue weighted by atomic mass is 9.96. The van der Waals surface area contributed by atoms with Crippen LogP contribution in [0.4, 0.5) is 0 Å². The van der Waals surface area contributed by atoms with Crippen molar-refractivity contribution in [1.29, 1.82) is 0 Å². The Hall–Kier alpha value is -1.35. The molecule has 2 rings (SSSR count). The summed E-state index contributed by atoms with van der Waals surface area (Å²) in [7, 11) is 0. The maximum Gasteiger partial charge on any atom is 0.0992 e. The SMILES string of the molecule is CC(O)(CNCCc1ccccc1)c1ccc(Cl)cc1. The quantitative estimate of drug-likeness (QED) is 0.799. The van der Waals surface area contributed by atoms with Gasteiger partial charge < -0.3 is 10.4 Å². The zero-order valence-corrected chi connectivity index (χ0v) is 12.4. The number of aliphatic hydroxyl groups is 1. The van der Waals surface area contributed by atoms with Crippen molar-refractivity contribution in [3.63, 3.8) is 0 Å². The fourth-order valence-electron chi connectivity index (χ4n) is 2.12. The average molecular weight is 290 g/mol. The number of hydrogen-bond acceptors (Lipinski definition) is 2. The molecule has 0 fully saturated rings. The van der Waals surface area contributed by atoms with E-state index in [0.717, 1.165) is 18.5 Å². The Labute approximate surface area is 125 Å². The number of nitrogens with one attached hydrogen (secondary N) is 1. The zero-order chi connectivity index (χ0) is 14.4. The van der Waals surface area contributed by atoms with Gasteiger partial charge in [-0.1, -0.05) is 54.1 Å². The largest absolute Gasteiger partial charge is 0.384 e. The van der Waals surface area contributed by atoms with Crippen LogP contribution in [0, 0.1) is 0 Å². The van der Waals surface area contributed by atoms with Gasteiger partial charge in [-0.3, -0.25) is 0 Å². The summed E-state index contributed by atoms with van der Waals surface area (Å²) in [5.74, 6) is 0. The highest BCUT2D eigenvalue weighted by molar-refractivity contribution is 6.30. The molecule has 3 heteroatoms. The highest BCUT2D eigenvalue weighted by Gasteiger charge is 2.22. The van der Waals surface area contributed by atoms with E-state index in [4.69, 9.17) is 11.6 Å². The number of benzene rings is 2. The average Bonchev–Trinajstić information content (AvgIpc) is 2.45. The number of halogens is 1. The lowest BCUT2D eigenvalue weighted by molar-refractivity contribution is 0.0573. The zero-order valence-electron chi connectivity index (χ0n) is 11.6. The molecule has 2 N–H and O–H groups in total. The Morgan fingerprint density at radius 2 is 1.70 bits per heavy atom. The molecule has 20 heavy (non-hydrogen) atoms. The first-order valence-corrected chi connectivity index (χ1v) is 7.19. The van der Waals surface area contributed by atoms with Crippen molar-refractivity contribution in [2.75, 3.05) is 13.1 Å². The first-order chi connectivity index (χ1) is 9.58. The monoisotopic (exact) mass is 289 g/mol. The van der Waals surface area contributed by atoms with Gasteiger partial charge in [0.05, 0.1) is 5.60 Å². The molecule has 0 amide bonds. The molecule has 0 saturated carbocycles. The van der Waals surface area contributed by atoms with E-state index >= 15 is 0 Å². The Morgan fingerprint density at radius 3 is 2.35 bits per heavy atom. The lowest BCUT2D eigenvalue weighted by Gasteiger charge is -2.24. The van der Waals surface area contributed by atoms with Gasteiger partial charge in [0.25, 0.3) is 0 Å². The third kappa shape index (κ3) is 4.34. The highest BCUT2D eigenvalue weighted by atomic mass is 35.5. The molecular weight excluding hydrogens is 270 g/mol. The van der Waals surface area contributed by atoms with Gasteiger partial charge in [0, 0.05) is 11.6 Å². The van der Waals surface area contributed by atoms with Crippen LogP contribution in [0.1, 0.15) is 18.1 Å². The second kappa shape index (κ2) is 6.89. The Bertz CT molecular complexity index is 522. The van der Waals surface area contributed by atoms with E-state index < -0.39 is 5.60 Å². The fraction of sp³-hybridized carbons (Fsp3) is 0.294. The van der Waals surface area contributed by atoms with Gasteiger partial charge in [0.1, 0.15) is 0 Å². The number of rotatable bonds is 6. The molecule has 0 bridgehead atoms. The third-order valence-electron chi connectivity index (χ3n) is 3.37. The van der Waals surface area contributed by atoms with Crippen molar-refractivity contribution >= 4 is 11.6 Å². The van der Waals surface area contributed by atoms with E-state index in [1.807, 2.05) is 37.3 Å². The van der Waals surface area contributed by atoms with Crippen molar-refractivity contribution in [3.8, 4) is 0 Å². The molecule has 0 aliphatic carbocycles. The molecule has 0 aliphatic rings. The summed E-state index contributed by atoms with van der Waals surface area (Å²) in [6.45, 7) is 3.17. The van der Waals surface area contributed by atoms with Crippen LogP contribution >= 0.6 is 11.6 Å². The van der Waals surface area contributed by atoms with Crippen LogP contribution in [0.15, 0.2) is 54.6 Å². The normalized spacial score (nSPS) is 13.9. The van der Waals surface area contributed by atoms with Crippen molar-refractivity contribution < 1.29 is 5.11 Å². The molecular formula is C17H20ClNO. The molecule has 2 aromatic carbocycles. The number of hydrogen-bond donors (Lipinski definition) is 2. The maximum atomic E-state index is 10.5. The third-order valence-corrected chi connectivity index (χ3v) is 3.62. The summed E-state index contributed by atoms with van der Waals surface area (Å²) in [6.07, 6.45) is 0.956. The van der Waals surface area contributed by atoms with Crippen molar-refractivity contribution in [3.05, 3.63) is 70.7 Å². The Balaban J connectivity index is 1.82. The molecule has 0 aliphatic heterocycles. The smallest absolute Gasteiger partial charge is 0.0992 e. The van der Waals surface area contributed by atoms with Gasteiger partial charge in [-0.15, -0.1) is 0 Å². The highest BCUT2D eigenvalue weighted by Crippen LogP contribution is 2.21. The van der Waals surface area contributed by atoms with Crippen LogP contribution in [0.3, 0.4) is 0 Å². The predicted octanol–water partition coefficient (Wildman–Crippen LogP) is 3.38. The van der Waals surface area contributed by atoms with Crippen molar-refractivity contribution in [2.24, 2.45) is 0 Å². The van der Waals surface area contributed by atoms with E-state index in [-0.39, 0.29) is 0 Å². The van der Waals surface area contributed by atoms with Crippen LogP contribution in [0.2, 0.25) is 5.02 Å². The van der Waals surface area contributed by atoms with Gasteiger partial charge in [-0.2, -0.15) is 0 Å². The predicted molar refractivity (Wildman–Crippen MR) is 84.0 cm³/mol. The van der Waals surface area contributed by atoms with Crippen LogP contribution in [0.25, 0.3) is 0 Å². The van der Waals surface area contributed by atoms with Crippen LogP contribution < -0.4 is 5.32 Å². The summed E-state index contributed by atoms with van der Waals surface area (Å²) >= 11 is 5.86. The van der Waals surface area contributed by atoms with E-state index in [1.54, 1.807) is 12.1 Å². The molecule has 0 aromatic heterocycles. The summed E-state index contributed by atoms with van der Waals surface area (Å²) in [5.41, 5.74) is 1.28. The minimum absolute atomic E-state index is 0.515. The molecule has 0 spiro atoms. The van der Waals surface area contributed by atoms with Gasteiger partial charge in [-0.05, 0) is 43.1 Å². The lowest BCUT2D eigenvalue weighted by Crippen LogP contribution is -2.36. The first kappa shape index (κ1) is 15.0. The Kier molecular flexibility index (Phi) is 5.18. The molecule has 0 heterocycles. The van der Waals surface area contributed by atoms with E-state index in [2.05, 4.69) is 17.4 Å². The van der Waals surface area contributed by atoms with Gasteiger partial charge in [0.2, 0.25) is 0 Å². The molecule has 1 atom stereocenters. The van der Waals surface area contributed by atoms with Gasteiger partial charge >= 0.3 is 0 Å². The standard InChI is InChI=1S/C17H20ClNO/c1-17(20,15-7-9-16(18)10-8-15)13-19-12-11-14-5-3-2-4-6-14/h2-10,19-20H,11-13H2,1H3. The van der Waals surface area contributed by atoms with Crippen LogP contribution in [0.5, 0.6) is 0 Å². The van der Waals surface area contributed by atoms with E-state index in [0.29, 0.717) is 11.6 Å². The second-order valence-corrected chi connectivity index (χ2v) is 5.63. The minimum Gasteiger partial charge on any atom is -0.384 e. The van der Waals surface area contributed by atoms with Gasteiger partial charge in [-0.25, -0.2) is 0 Å². The molecule has 106 valence electrons. The summed E-state index contributed by atoms with van der Waals surface area (Å²) in [4.78, 5) is 0. The van der Waals surface area contributed by atoms with Crippen molar-refractivity contribution in [1.82, 2.24) is 5.32 Å². The van der Waals surface area contributed by atoms with E-state index in [9.17, 15) is 5.11 Å². The topological polar surface area (TPSA) is 32.3 Å². The van der Waals surface area contributed by atoms with Crippen LogP contribution in [-0.4, -0.2) is 18.2 Å². The van der Waals surface area contributed by atoms with Crippen molar-refractivity contribution in [2.45, 2.75) is 18.9 Å². The summed E-state index contributed by atoms with van der Waals surface area (Å²) in [5, 5.41) is 14.5. The molecule has 0 saturated heterocycles. The summed E-state index contributed by atoms with van der Waals surface area (Å²) < 4.78 is 0. The molecule has 1 unspecified atom stereocenters. The van der Waals surface area contributed by atoms with Crippen LogP contribution in [-0.2, 0) is 12.0 Å². The molecule has 2 aromatic rings. The fourth-order valence-corrected chi connectivity index (χ4v) is 2.25. The summed E-state index contributed by atoms with van der Waals surface area (Å²) in [6, 6.07) is 17.6. The first-order valence-electron chi connectivity index (χ1n) is 6.81. The Morgan fingerprint density at radius 1 is 1.05 bits per heavy atom. The van der Waals surface area contributed by atoms with E-state index in [1.165, 1.54) is 5.56 Å². The second-order valence-electron chi connectivity index (χ2n) is 5.19. The molecule has 2 nitrogen and oxygen atoms in total.